The number of ether oxygens (including phenoxy) is 2. The first kappa shape index (κ1) is 23.7. The summed E-state index contributed by atoms with van der Waals surface area (Å²) in [7, 11) is 0. The SMILES string of the molecule is CC(C)(C)OC(=O)N1[C@@H](CC2CCCCC2)C(CCC(=O)c2ccccn2)OC1(C)C. The van der Waals surface area contributed by atoms with Gasteiger partial charge < -0.3 is 9.47 Å². The van der Waals surface area contributed by atoms with Gasteiger partial charge in [-0.05, 0) is 65.5 Å². The van der Waals surface area contributed by atoms with E-state index < -0.39 is 11.3 Å². The van der Waals surface area contributed by atoms with Crippen LogP contribution in [-0.2, 0) is 9.47 Å². The standard InChI is InChI=1S/C25H38N2O4/c1-24(2,3)31-23(29)27-20(17-18-11-7-6-8-12-18)22(30-25(27,4)5)15-14-21(28)19-13-9-10-16-26-19/h9-10,13,16,18,20,22H,6-8,11-12,14-15,17H2,1-5H3/t20-,22?/m0/s1. The van der Waals surface area contributed by atoms with Crippen molar-refractivity contribution in [2.24, 2.45) is 5.92 Å². The summed E-state index contributed by atoms with van der Waals surface area (Å²) in [6.45, 7) is 9.49. The molecule has 31 heavy (non-hydrogen) atoms. The fourth-order valence-electron chi connectivity index (χ4n) is 4.94. The van der Waals surface area contributed by atoms with E-state index in [0.29, 0.717) is 24.5 Å². The number of rotatable bonds is 6. The molecule has 1 aliphatic carbocycles. The lowest BCUT2D eigenvalue weighted by Crippen LogP contribution is -2.50. The zero-order valence-corrected chi connectivity index (χ0v) is 19.7. The Morgan fingerprint density at radius 2 is 1.90 bits per heavy atom. The Labute approximate surface area is 186 Å². The molecule has 0 bridgehead atoms. The molecule has 1 aromatic rings. The summed E-state index contributed by atoms with van der Waals surface area (Å²) in [6, 6.07) is 5.28. The highest BCUT2D eigenvalue weighted by Crippen LogP contribution is 2.40. The van der Waals surface area contributed by atoms with Crippen molar-refractivity contribution in [2.75, 3.05) is 0 Å². The third-order valence-corrected chi connectivity index (χ3v) is 6.28. The van der Waals surface area contributed by atoms with Crippen LogP contribution in [0.25, 0.3) is 0 Å². The number of ketones is 1. The molecule has 172 valence electrons. The lowest BCUT2D eigenvalue weighted by Gasteiger charge is -2.37. The molecule has 6 nitrogen and oxygen atoms in total. The van der Waals surface area contributed by atoms with Crippen LogP contribution in [0.15, 0.2) is 24.4 Å². The van der Waals surface area contributed by atoms with Gasteiger partial charge in [0.2, 0.25) is 0 Å². The van der Waals surface area contributed by atoms with E-state index in [4.69, 9.17) is 9.47 Å². The van der Waals surface area contributed by atoms with E-state index in [1.54, 1.807) is 23.2 Å². The summed E-state index contributed by atoms with van der Waals surface area (Å²) in [6.07, 6.45) is 9.08. The minimum atomic E-state index is -0.777. The number of amides is 1. The fraction of sp³-hybridized carbons (Fsp3) is 0.720. The van der Waals surface area contributed by atoms with Gasteiger partial charge in [-0.25, -0.2) is 4.79 Å². The first-order valence-corrected chi connectivity index (χ1v) is 11.7. The summed E-state index contributed by atoms with van der Waals surface area (Å²) in [4.78, 5) is 31.8. The van der Waals surface area contributed by atoms with Gasteiger partial charge in [-0.3, -0.25) is 14.7 Å². The number of carbonyl (C=O) groups excluding carboxylic acids is 2. The Balaban J connectivity index is 1.77. The van der Waals surface area contributed by atoms with Crippen LogP contribution in [0.2, 0.25) is 0 Å². The van der Waals surface area contributed by atoms with Crippen LogP contribution >= 0.6 is 0 Å². The number of nitrogens with zero attached hydrogens (tertiary/aromatic N) is 2. The van der Waals surface area contributed by atoms with Crippen molar-refractivity contribution in [1.29, 1.82) is 0 Å². The van der Waals surface area contributed by atoms with E-state index >= 15 is 0 Å². The molecule has 0 spiro atoms. The number of hydrogen-bond donors (Lipinski definition) is 0. The van der Waals surface area contributed by atoms with E-state index in [-0.39, 0.29) is 24.0 Å². The van der Waals surface area contributed by atoms with Crippen molar-refractivity contribution in [3.63, 3.8) is 0 Å². The molecule has 6 heteroatoms. The van der Waals surface area contributed by atoms with E-state index in [9.17, 15) is 9.59 Å². The lowest BCUT2D eigenvalue weighted by molar-refractivity contribution is -0.0799. The van der Waals surface area contributed by atoms with Crippen molar-refractivity contribution in [3.8, 4) is 0 Å². The Morgan fingerprint density at radius 1 is 1.19 bits per heavy atom. The van der Waals surface area contributed by atoms with Gasteiger partial charge in [0.15, 0.2) is 5.78 Å². The molecule has 2 atom stereocenters. The highest BCUT2D eigenvalue weighted by Gasteiger charge is 2.51. The van der Waals surface area contributed by atoms with Gasteiger partial charge in [-0.2, -0.15) is 0 Å². The zero-order valence-electron chi connectivity index (χ0n) is 19.7. The molecule has 2 aliphatic rings. The quantitative estimate of drug-likeness (QED) is 0.537. The minimum Gasteiger partial charge on any atom is -0.444 e. The summed E-state index contributed by atoms with van der Waals surface area (Å²) in [5.41, 5.74) is -0.872. The van der Waals surface area contributed by atoms with Crippen molar-refractivity contribution in [3.05, 3.63) is 30.1 Å². The first-order valence-electron chi connectivity index (χ1n) is 11.7. The van der Waals surface area contributed by atoms with E-state index in [1.807, 2.05) is 40.7 Å². The molecule has 1 saturated heterocycles. The second-order valence-electron chi connectivity index (χ2n) is 10.4. The van der Waals surface area contributed by atoms with E-state index in [1.165, 1.54) is 32.1 Å². The highest BCUT2D eigenvalue weighted by molar-refractivity contribution is 5.94. The van der Waals surface area contributed by atoms with Crippen LogP contribution in [-0.4, -0.2) is 45.2 Å². The number of carbonyl (C=O) groups is 2. The number of aromatic nitrogens is 1. The van der Waals surface area contributed by atoms with Gasteiger partial charge in [0.25, 0.3) is 0 Å². The van der Waals surface area contributed by atoms with Crippen molar-refractivity contribution < 1.29 is 19.1 Å². The summed E-state index contributed by atoms with van der Waals surface area (Å²) in [5.74, 6) is 0.587. The highest BCUT2D eigenvalue weighted by atomic mass is 16.6. The van der Waals surface area contributed by atoms with Crippen molar-refractivity contribution in [1.82, 2.24) is 9.88 Å². The normalized spacial score (nSPS) is 24.2. The molecule has 3 rings (SSSR count). The Hall–Kier alpha value is -1.95. The number of pyridine rings is 1. The summed E-state index contributed by atoms with van der Waals surface area (Å²) in [5, 5.41) is 0. The third kappa shape index (κ3) is 6.28. The molecule has 0 N–H and O–H groups in total. The molecule has 2 heterocycles. The van der Waals surface area contributed by atoms with Gasteiger partial charge in [0, 0.05) is 12.6 Å². The molecule has 1 amide bonds. The molecule has 1 saturated carbocycles. The summed E-state index contributed by atoms with van der Waals surface area (Å²) < 4.78 is 12.1. The maximum Gasteiger partial charge on any atom is 0.412 e. The predicted molar refractivity (Wildman–Crippen MR) is 120 cm³/mol. The van der Waals surface area contributed by atoms with Gasteiger partial charge in [-0.1, -0.05) is 38.2 Å². The van der Waals surface area contributed by atoms with Crippen LogP contribution in [0.5, 0.6) is 0 Å². The van der Waals surface area contributed by atoms with E-state index in [0.717, 1.165) is 6.42 Å². The van der Waals surface area contributed by atoms with Gasteiger partial charge in [0.1, 0.15) is 17.0 Å². The predicted octanol–water partition coefficient (Wildman–Crippen LogP) is 5.76. The summed E-state index contributed by atoms with van der Waals surface area (Å²) >= 11 is 0. The largest absolute Gasteiger partial charge is 0.444 e. The second kappa shape index (κ2) is 9.68. The third-order valence-electron chi connectivity index (χ3n) is 6.28. The lowest BCUT2D eigenvalue weighted by atomic mass is 9.83. The van der Waals surface area contributed by atoms with Crippen LogP contribution < -0.4 is 0 Å². The minimum absolute atomic E-state index is 0.00846. The Bertz CT molecular complexity index is 751. The maximum atomic E-state index is 13.2. The Morgan fingerprint density at radius 3 is 2.52 bits per heavy atom. The molecular weight excluding hydrogens is 392 g/mol. The smallest absolute Gasteiger partial charge is 0.412 e. The monoisotopic (exact) mass is 430 g/mol. The molecule has 1 unspecified atom stereocenters. The number of hydrogen-bond acceptors (Lipinski definition) is 5. The van der Waals surface area contributed by atoms with Crippen LogP contribution in [0.4, 0.5) is 4.79 Å². The van der Waals surface area contributed by atoms with Crippen molar-refractivity contribution in [2.45, 2.75) is 109 Å². The van der Waals surface area contributed by atoms with Crippen molar-refractivity contribution >= 4 is 11.9 Å². The molecule has 1 aromatic heterocycles. The second-order valence-corrected chi connectivity index (χ2v) is 10.4. The molecule has 2 fully saturated rings. The average Bonchev–Trinajstić information content (AvgIpc) is 2.95. The van der Waals surface area contributed by atoms with Gasteiger partial charge >= 0.3 is 6.09 Å². The number of Topliss-reactive ketones (excluding diaryl/α,β-unsaturated/α-hetero) is 1. The molecule has 1 aliphatic heterocycles. The zero-order chi connectivity index (χ0) is 22.6. The molecular formula is C25H38N2O4. The average molecular weight is 431 g/mol. The first-order chi connectivity index (χ1) is 14.6. The maximum absolute atomic E-state index is 13.2. The Kier molecular flexibility index (Phi) is 7.40. The fourth-order valence-corrected chi connectivity index (χ4v) is 4.94. The van der Waals surface area contributed by atoms with Crippen LogP contribution in [0, 0.1) is 5.92 Å². The van der Waals surface area contributed by atoms with Crippen LogP contribution in [0.3, 0.4) is 0 Å². The van der Waals surface area contributed by atoms with Gasteiger partial charge in [0.05, 0.1) is 12.1 Å². The van der Waals surface area contributed by atoms with E-state index in [2.05, 4.69) is 4.98 Å². The molecule has 0 radical (unpaired) electrons. The van der Waals surface area contributed by atoms with Crippen LogP contribution in [0.1, 0.15) is 96.5 Å². The van der Waals surface area contributed by atoms with Gasteiger partial charge in [-0.15, -0.1) is 0 Å². The molecule has 0 aromatic carbocycles. The topological polar surface area (TPSA) is 68.7 Å².